The molecule has 0 heterocycles. The highest BCUT2D eigenvalue weighted by molar-refractivity contribution is 4.95. The molecular formula is C11H23N. The van der Waals surface area contributed by atoms with E-state index in [9.17, 15) is 0 Å². The van der Waals surface area contributed by atoms with Crippen LogP contribution >= 0.6 is 0 Å². The molecule has 0 aromatic carbocycles. The Bertz CT molecular complexity index is 129. The zero-order valence-electron chi connectivity index (χ0n) is 8.98. The lowest BCUT2D eigenvalue weighted by molar-refractivity contribution is 0.398. The number of hydrogen-bond donors (Lipinski definition) is 1. The number of hydrogen-bond acceptors (Lipinski definition) is 1. The minimum absolute atomic E-state index is 0.668. The van der Waals surface area contributed by atoms with Crippen molar-refractivity contribution in [2.75, 3.05) is 13.6 Å². The fourth-order valence-electron chi connectivity index (χ4n) is 1.34. The van der Waals surface area contributed by atoms with E-state index in [2.05, 4.69) is 32.7 Å². The number of allylic oxidation sites excluding steroid dienone is 1. The smallest absolute Gasteiger partial charge is 0.00518 e. The third kappa shape index (κ3) is 4.55. The van der Waals surface area contributed by atoms with Crippen molar-refractivity contribution in [1.82, 2.24) is 5.32 Å². The van der Waals surface area contributed by atoms with Gasteiger partial charge in [0.1, 0.15) is 0 Å². The maximum atomic E-state index is 3.99. The predicted octanol–water partition coefficient (Wildman–Crippen LogP) is 2.83. The molecule has 12 heavy (non-hydrogen) atoms. The van der Waals surface area contributed by atoms with Crippen LogP contribution < -0.4 is 5.32 Å². The lowest BCUT2D eigenvalue weighted by atomic mass is 9.87. The average molecular weight is 169 g/mol. The Balaban J connectivity index is 3.56. The van der Waals surface area contributed by atoms with Crippen molar-refractivity contribution in [3.63, 3.8) is 0 Å². The Labute approximate surface area is 77.2 Å². The predicted molar refractivity (Wildman–Crippen MR) is 56.3 cm³/mol. The molecule has 2 atom stereocenters. The first kappa shape index (κ1) is 11.7. The zero-order chi connectivity index (χ0) is 9.56. The Hall–Kier alpha value is -0.300. The van der Waals surface area contributed by atoms with Gasteiger partial charge in [-0.25, -0.2) is 0 Å². The molecule has 0 bridgehead atoms. The van der Waals surface area contributed by atoms with E-state index in [1.54, 1.807) is 0 Å². The van der Waals surface area contributed by atoms with Crippen molar-refractivity contribution < 1.29 is 0 Å². The van der Waals surface area contributed by atoms with Gasteiger partial charge in [-0.05, 0) is 45.2 Å². The summed E-state index contributed by atoms with van der Waals surface area (Å²) in [6.45, 7) is 11.8. The van der Waals surface area contributed by atoms with E-state index >= 15 is 0 Å². The molecule has 0 aliphatic rings. The first-order valence-electron chi connectivity index (χ1n) is 4.89. The fraction of sp³-hybridized carbons (Fsp3) is 0.818. The van der Waals surface area contributed by atoms with Crippen molar-refractivity contribution in [2.45, 2.75) is 33.6 Å². The van der Waals surface area contributed by atoms with Gasteiger partial charge in [0.15, 0.2) is 0 Å². The molecule has 2 unspecified atom stereocenters. The van der Waals surface area contributed by atoms with Crippen LogP contribution in [0.2, 0.25) is 0 Å². The van der Waals surface area contributed by atoms with Gasteiger partial charge in [-0.3, -0.25) is 0 Å². The highest BCUT2D eigenvalue weighted by Crippen LogP contribution is 2.22. The van der Waals surface area contributed by atoms with Crippen LogP contribution in [0.25, 0.3) is 0 Å². The molecule has 0 spiro atoms. The topological polar surface area (TPSA) is 12.0 Å². The Morgan fingerprint density at radius 2 is 2.00 bits per heavy atom. The van der Waals surface area contributed by atoms with Gasteiger partial charge in [-0.2, -0.15) is 0 Å². The van der Waals surface area contributed by atoms with Crippen molar-refractivity contribution in [3.8, 4) is 0 Å². The monoisotopic (exact) mass is 169 g/mol. The first-order chi connectivity index (χ1) is 5.59. The second kappa shape index (κ2) is 6.24. The van der Waals surface area contributed by atoms with E-state index in [1.807, 2.05) is 7.05 Å². The molecule has 0 aromatic heterocycles. The zero-order valence-corrected chi connectivity index (χ0v) is 8.98. The molecule has 0 saturated carbocycles. The number of nitrogens with one attached hydrogen (secondary N) is 1. The fourth-order valence-corrected chi connectivity index (χ4v) is 1.34. The molecule has 0 fully saturated rings. The molecule has 0 aliphatic carbocycles. The van der Waals surface area contributed by atoms with Crippen LogP contribution in [0.1, 0.15) is 33.6 Å². The molecule has 0 aromatic rings. The third-order valence-corrected chi connectivity index (χ3v) is 2.72. The lowest BCUT2D eigenvalue weighted by Gasteiger charge is -2.19. The van der Waals surface area contributed by atoms with Gasteiger partial charge >= 0.3 is 0 Å². The van der Waals surface area contributed by atoms with Crippen molar-refractivity contribution in [3.05, 3.63) is 12.2 Å². The largest absolute Gasteiger partial charge is 0.320 e. The SMILES string of the molecule is C=C(C)C(C)C(C)CCCNC. The molecular weight excluding hydrogens is 146 g/mol. The van der Waals surface area contributed by atoms with Gasteiger partial charge in [0.2, 0.25) is 0 Å². The van der Waals surface area contributed by atoms with E-state index in [4.69, 9.17) is 0 Å². The Morgan fingerprint density at radius 3 is 2.42 bits per heavy atom. The van der Waals surface area contributed by atoms with Gasteiger partial charge in [-0.15, -0.1) is 0 Å². The molecule has 0 aliphatic heterocycles. The molecule has 0 rings (SSSR count). The van der Waals surface area contributed by atoms with E-state index < -0.39 is 0 Å². The molecule has 1 heteroatoms. The average Bonchev–Trinajstić information content (AvgIpc) is 2.03. The number of rotatable bonds is 6. The summed E-state index contributed by atoms with van der Waals surface area (Å²) in [5.74, 6) is 1.44. The summed E-state index contributed by atoms with van der Waals surface area (Å²) in [7, 11) is 2.01. The highest BCUT2D eigenvalue weighted by atomic mass is 14.8. The van der Waals surface area contributed by atoms with E-state index in [1.165, 1.54) is 18.4 Å². The van der Waals surface area contributed by atoms with Gasteiger partial charge in [0.25, 0.3) is 0 Å². The summed E-state index contributed by atoms with van der Waals surface area (Å²) in [4.78, 5) is 0. The summed E-state index contributed by atoms with van der Waals surface area (Å²) < 4.78 is 0. The molecule has 0 amide bonds. The molecule has 72 valence electrons. The first-order valence-corrected chi connectivity index (χ1v) is 4.89. The van der Waals surface area contributed by atoms with Crippen LogP contribution in [0.3, 0.4) is 0 Å². The van der Waals surface area contributed by atoms with E-state index in [0.29, 0.717) is 5.92 Å². The van der Waals surface area contributed by atoms with Crippen molar-refractivity contribution in [2.24, 2.45) is 11.8 Å². The highest BCUT2D eigenvalue weighted by Gasteiger charge is 2.11. The normalized spacial score (nSPS) is 15.7. The maximum Gasteiger partial charge on any atom is -0.00518 e. The summed E-state index contributed by atoms with van der Waals surface area (Å²) in [6, 6.07) is 0. The van der Waals surface area contributed by atoms with Gasteiger partial charge in [-0.1, -0.05) is 26.0 Å². The van der Waals surface area contributed by atoms with Crippen LogP contribution in [0.4, 0.5) is 0 Å². The summed E-state index contributed by atoms with van der Waals surface area (Å²) in [5.41, 5.74) is 1.31. The van der Waals surface area contributed by atoms with Crippen LogP contribution in [0, 0.1) is 11.8 Å². The Kier molecular flexibility index (Phi) is 6.09. The quantitative estimate of drug-likeness (QED) is 0.476. The van der Waals surface area contributed by atoms with E-state index in [-0.39, 0.29) is 0 Å². The lowest BCUT2D eigenvalue weighted by Crippen LogP contribution is -2.13. The van der Waals surface area contributed by atoms with Crippen LogP contribution in [-0.4, -0.2) is 13.6 Å². The third-order valence-electron chi connectivity index (χ3n) is 2.72. The molecule has 1 N–H and O–H groups in total. The minimum atomic E-state index is 0.668. The maximum absolute atomic E-state index is 3.99. The van der Waals surface area contributed by atoms with Crippen molar-refractivity contribution >= 4 is 0 Å². The summed E-state index contributed by atoms with van der Waals surface area (Å²) in [5, 5.41) is 3.17. The van der Waals surface area contributed by atoms with Crippen molar-refractivity contribution in [1.29, 1.82) is 0 Å². The molecule has 1 nitrogen and oxygen atoms in total. The van der Waals surface area contributed by atoms with Gasteiger partial charge < -0.3 is 5.32 Å². The van der Waals surface area contributed by atoms with Crippen LogP contribution in [0.15, 0.2) is 12.2 Å². The summed E-state index contributed by atoms with van der Waals surface area (Å²) >= 11 is 0. The minimum Gasteiger partial charge on any atom is -0.320 e. The van der Waals surface area contributed by atoms with Crippen LogP contribution in [0.5, 0.6) is 0 Å². The Morgan fingerprint density at radius 1 is 1.42 bits per heavy atom. The molecule has 0 radical (unpaired) electrons. The summed E-state index contributed by atoms with van der Waals surface area (Å²) in [6.07, 6.45) is 2.57. The second-order valence-electron chi connectivity index (χ2n) is 3.86. The molecule has 0 saturated heterocycles. The van der Waals surface area contributed by atoms with Crippen LogP contribution in [-0.2, 0) is 0 Å². The van der Waals surface area contributed by atoms with Gasteiger partial charge in [0, 0.05) is 0 Å². The second-order valence-corrected chi connectivity index (χ2v) is 3.86. The van der Waals surface area contributed by atoms with E-state index in [0.717, 1.165) is 12.5 Å². The standard InChI is InChI=1S/C11H23N/c1-9(2)11(4)10(3)7-6-8-12-5/h10-12H,1,6-8H2,2-5H3. The van der Waals surface area contributed by atoms with Gasteiger partial charge in [0.05, 0.1) is 0 Å².